The van der Waals surface area contributed by atoms with Crippen molar-refractivity contribution in [2.75, 3.05) is 0 Å². The van der Waals surface area contributed by atoms with E-state index in [1.165, 1.54) is 6.07 Å². The number of thiophene rings is 1. The number of aromatic nitrogens is 1. The lowest BCUT2D eigenvalue weighted by Crippen LogP contribution is -1.93. The number of rotatable bonds is 4. The summed E-state index contributed by atoms with van der Waals surface area (Å²) in [5.41, 5.74) is 3.16. The van der Waals surface area contributed by atoms with E-state index in [1.807, 2.05) is 30.3 Å². The molecule has 1 atom stereocenters. The van der Waals surface area contributed by atoms with Crippen molar-refractivity contribution < 1.29 is 9.50 Å². The Morgan fingerprint density at radius 3 is 2.74 bits per heavy atom. The highest BCUT2D eigenvalue weighted by Crippen LogP contribution is 2.36. The SMILES string of the molecule is CC(O)c1ccnc(-c2cccc3cc(Cc4c(F)cccc4Cl)sc23)c1. The van der Waals surface area contributed by atoms with Gasteiger partial charge in [-0.25, -0.2) is 4.39 Å². The average Bonchev–Trinajstić information content (AvgIpc) is 3.07. The zero-order valence-corrected chi connectivity index (χ0v) is 16.2. The van der Waals surface area contributed by atoms with Crippen LogP contribution in [-0.2, 0) is 6.42 Å². The van der Waals surface area contributed by atoms with E-state index in [-0.39, 0.29) is 5.82 Å². The molecule has 2 aromatic heterocycles. The highest BCUT2D eigenvalue weighted by molar-refractivity contribution is 7.19. The Labute approximate surface area is 165 Å². The number of pyridine rings is 1. The summed E-state index contributed by atoms with van der Waals surface area (Å²) in [5, 5.41) is 11.4. The third-order valence-electron chi connectivity index (χ3n) is 4.55. The predicted octanol–water partition coefficient (Wildman–Crippen LogP) is 6.40. The van der Waals surface area contributed by atoms with Crippen LogP contribution in [0.15, 0.2) is 60.8 Å². The van der Waals surface area contributed by atoms with E-state index in [9.17, 15) is 9.50 Å². The summed E-state index contributed by atoms with van der Waals surface area (Å²) in [4.78, 5) is 5.52. The molecule has 0 saturated heterocycles. The normalized spacial score (nSPS) is 12.4. The molecule has 0 fully saturated rings. The molecule has 27 heavy (non-hydrogen) atoms. The standard InChI is InChI=1S/C22H17ClFNOS/c1-13(26)14-8-9-25-21(11-14)17-5-2-4-15-10-16(27-22(15)17)12-18-19(23)6-3-7-20(18)24/h2-11,13,26H,12H2,1H3. The molecule has 4 aromatic rings. The topological polar surface area (TPSA) is 33.1 Å². The highest BCUT2D eigenvalue weighted by Gasteiger charge is 2.13. The summed E-state index contributed by atoms with van der Waals surface area (Å²) < 4.78 is 15.2. The molecule has 0 aliphatic rings. The Hall–Kier alpha value is -2.27. The van der Waals surface area contributed by atoms with Crippen LogP contribution in [-0.4, -0.2) is 10.1 Å². The minimum atomic E-state index is -0.548. The minimum absolute atomic E-state index is 0.286. The van der Waals surface area contributed by atoms with Crippen LogP contribution in [0.4, 0.5) is 4.39 Å². The minimum Gasteiger partial charge on any atom is -0.389 e. The maximum atomic E-state index is 14.1. The van der Waals surface area contributed by atoms with Crippen LogP contribution in [0.2, 0.25) is 5.02 Å². The van der Waals surface area contributed by atoms with Gasteiger partial charge in [0, 0.05) is 38.3 Å². The van der Waals surface area contributed by atoms with E-state index in [1.54, 1.807) is 36.6 Å². The number of halogens is 2. The van der Waals surface area contributed by atoms with Gasteiger partial charge in [-0.2, -0.15) is 0 Å². The summed E-state index contributed by atoms with van der Waals surface area (Å²) in [5.74, 6) is -0.286. The summed E-state index contributed by atoms with van der Waals surface area (Å²) >= 11 is 7.80. The molecule has 0 aliphatic carbocycles. The summed E-state index contributed by atoms with van der Waals surface area (Å²) in [7, 11) is 0. The van der Waals surface area contributed by atoms with Gasteiger partial charge in [0.05, 0.1) is 11.8 Å². The average molecular weight is 398 g/mol. The molecule has 2 heterocycles. The molecule has 1 unspecified atom stereocenters. The molecule has 136 valence electrons. The Balaban J connectivity index is 1.78. The molecule has 0 amide bonds. The van der Waals surface area contributed by atoms with E-state index in [4.69, 9.17) is 11.6 Å². The fourth-order valence-electron chi connectivity index (χ4n) is 3.13. The fourth-order valence-corrected chi connectivity index (χ4v) is 4.56. The summed E-state index contributed by atoms with van der Waals surface area (Å²) in [6.45, 7) is 1.74. The molecule has 0 spiro atoms. The van der Waals surface area contributed by atoms with E-state index in [0.29, 0.717) is 17.0 Å². The van der Waals surface area contributed by atoms with Crippen molar-refractivity contribution in [2.45, 2.75) is 19.4 Å². The zero-order chi connectivity index (χ0) is 19.0. The Morgan fingerprint density at radius 1 is 1.15 bits per heavy atom. The Morgan fingerprint density at radius 2 is 1.96 bits per heavy atom. The maximum Gasteiger partial charge on any atom is 0.128 e. The second-order valence-electron chi connectivity index (χ2n) is 6.46. The number of aliphatic hydroxyl groups is 1. The van der Waals surface area contributed by atoms with Gasteiger partial charge in [-0.05, 0) is 48.2 Å². The van der Waals surface area contributed by atoms with Gasteiger partial charge < -0.3 is 5.11 Å². The van der Waals surface area contributed by atoms with Crippen molar-refractivity contribution in [3.63, 3.8) is 0 Å². The van der Waals surface area contributed by atoms with Crippen molar-refractivity contribution in [3.05, 3.63) is 87.6 Å². The van der Waals surface area contributed by atoms with E-state index < -0.39 is 6.10 Å². The molecular weight excluding hydrogens is 381 g/mol. The first-order valence-electron chi connectivity index (χ1n) is 8.61. The summed E-state index contributed by atoms with van der Waals surface area (Å²) in [6.07, 6.45) is 1.61. The Kier molecular flexibility index (Phi) is 4.96. The molecule has 2 aromatic carbocycles. The molecular formula is C22H17ClFNOS. The lowest BCUT2D eigenvalue weighted by atomic mass is 10.0. The van der Waals surface area contributed by atoms with Gasteiger partial charge in [0.2, 0.25) is 0 Å². The van der Waals surface area contributed by atoms with Gasteiger partial charge in [0.1, 0.15) is 5.82 Å². The molecule has 0 radical (unpaired) electrons. The fraction of sp³-hybridized carbons (Fsp3) is 0.136. The van der Waals surface area contributed by atoms with Gasteiger partial charge in [-0.15, -0.1) is 11.3 Å². The first kappa shape index (κ1) is 18.1. The number of hydrogen-bond acceptors (Lipinski definition) is 3. The lowest BCUT2D eigenvalue weighted by Gasteiger charge is -2.07. The van der Waals surface area contributed by atoms with E-state index >= 15 is 0 Å². The first-order valence-corrected chi connectivity index (χ1v) is 9.81. The second-order valence-corrected chi connectivity index (χ2v) is 8.01. The van der Waals surface area contributed by atoms with Crippen LogP contribution in [0.3, 0.4) is 0 Å². The molecule has 0 aliphatic heterocycles. The van der Waals surface area contributed by atoms with Crippen LogP contribution in [0.5, 0.6) is 0 Å². The zero-order valence-electron chi connectivity index (χ0n) is 14.6. The van der Waals surface area contributed by atoms with E-state index in [0.717, 1.165) is 31.8 Å². The predicted molar refractivity (Wildman–Crippen MR) is 110 cm³/mol. The molecule has 0 saturated carbocycles. The van der Waals surface area contributed by atoms with Gasteiger partial charge >= 0.3 is 0 Å². The van der Waals surface area contributed by atoms with Crippen LogP contribution in [0, 0.1) is 5.82 Å². The molecule has 1 N–H and O–H groups in total. The van der Waals surface area contributed by atoms with Crippen LogP contribution in [0.25, 0.3) is 21.3 Å². The number of aliphatic hydroxyl groups excluding tert-OH is 1. The second kappa shape index (κ2) is 7.39. The van der Waals surface area contributed by atoms with Crippen LogP contribution < -0.4 is 0 Å². The first-order chi connectivity index (χ1) is 13.0. The largest absolute Gasteiger partial charge is 0.389 e. The quantitative estimate of drug-likeness (QED) is 0.432. The summed E-state index contributed by atoms with van der Waals surface area (Å²) in [6, 6.07) is 16.6. The number of nitrogens with zero attached hydrogens (tertiary/aromatic N) is 1. The van der Waals surface area contributed by atoms with Gasteiger partial charge in [-0.3, -0.25) is 4.98 Å². The number of fused-ring (bicyclic) bond motifs is 1. The van der Waals surface area contributed by atoms with Crippen molar-refractivity contribution >= 4 is 33.0 Å². The number of hydrogen-bond donors (Lipinski definition) is 1. The lowest BCUT2D eigenvalue weighted by molar-refractivity contribution is 0.199. The number of benzene rings is 2. The molecule has 2 nitrogen and oxygen atoms in total. The van der Waals surface area contributed by atoms with E-state index in [2.05, 4.69) is 11.1 Å². The van der Waals surface area contributed by atoms with Crippen molar-refractivity contribution in [3.8, 4) is 11.3 Å². The van der Waals surface area contributed by atoms with Crippen LogP contribution >= 0.6 is 22.9 Å². The monoisotopic (exact) mass is 397 g/mol. The molecule has 5 heteroatoms. The van der Waals surface area contributed by atoms with Crippen LogP contribution in [0.1, 0.15) is 29.0 Å². The van der Waals surface area contributed by atoms with Crippen molar-refractivity contribution in [1.82, 2.24) is 4.98 Å². The smallest absolute Gasteiger partial charge is 0.128 e. The van der Waals surface area contributed by atoms with Crippen molar-refractivity contribution in [1.29, 1.82) is 0 Å². The Bertz CT molecular complexity index is 1100. The van der Waals surface area contributed by atoms with Crippen molar-refractivity contribution in [2.24, 2.45) is 0 Å². The van der Waals surface area contributed by atoms with Gasteiger partial charge in [-0.1, -0.05) is 35.9 Å². The highest BCUT2D eigenvalue weighted by atomic mass is 35.5. The molecule has 0 bridgehead atoms. The maximum absolute atomic E-state index is 14.1. The molecule has 4 rings (SSSR count). The van der Waals surface area contributed by atoms with Gasteiger partial charge in [0.25, 0.3) is 0 Å². The third-order valence-corrected chi connectivity index (χ3v) is 6.09. The third kappa shape index (κ3) is 3.61. The van der Waals surface area contributed by atoms with Gasteiger partial charge in [0.15, 0.2) is 0 Å².